The molecule has 0 fully saturated rings. The third kappa shape index (κ3) is 7.20. The van der Waals surface area contributed by atoms with Crippen molar-refractivity contribution in [1.82, 2.24) is 5.32 Å². The molecule has 0 aromatic heterocycles. The van der Waals surface area contributed by atoms with Crippen LogP contribution in [0.4, 0.5) is 0 Å². The molecule has 0 aliphatic rings. The average Bonchev–Trinajstić information content (AvgIpc) is 2.41. The van der Waals surface area contributed by atoms with Crippen LogP contribution in [0.25, 0.3) is 6.08 Å². The number of carbonyl (C=O) groups is 2. The van der Waals surface area contributed by atoms with Gasteiger partial charge < -0.3 is 15.5 Å². The van der Waals surface area contributed by atoms with Crippen molar-refractivity contribution in [2.24, 2.45) is 0 Å². The molecule has 20 heavy (non-hydrogen) atoms. The van der Waals surface area contributed by atoms with Gasteiger partial charge in [-0.15, -0.1) is 0 Å². The van der Waals surface area contributed by atoms with Gasteiger partial charge in [-0.25, -0.2) is 0 Å². The number of aliphatic carboxylic acids is 1. The lowest BCUT2D eigenvalue weighted by Crippen LogP contribution is -2.22. The quantitative estimate of drug-likeness (QED) is 0.502. The Hall–Kier alpha value is -2.30. The van der Waals surface area contributed by atoms with Crippen LogP contribution in [0.3, 0.4) is 0 Å². The maximum absolute atomic E-state index is 11.5. The van der Waals surface area contributed by atoms with Gasteiger partial charge in [0, 0.05) is 19.0 Å². The first kappa shape index (κ1) is 15.8. The smallest absolute Gasteiger partial charge is 0.303 e. The highest BCUT2D eigenvalue weighted by Crippen LogP contribution is 2.10. The fourth-order valence-electron chi connectivity index (χ4n) is 1.61. The minimum absolute atomic E-state index is 0.175. The van der Waals surface area contributed by atoms with Gasteiger partial charge in [-0.1, -0.05) is 18.6 Å². The number of unbranched alkanes of at least 4 members (excludes halogenated alkanes) is 2. The first-order valence-electron chi connectivity index (χ1n) is 6.54. The van der Waals surface area contributed by atoms with Gasteiger partial charge in [0.1, 0.15) is 5.75 Å². The van der Waals surface area contributed by atoms with E-state index in [0.717, 1.165) is 18.4 Å². The molecule has 3 N–H and O–H groups in total. The van der Waals surface area contributed by atoms with Crippen molar-refractivity contribution in [3.05, 3.63) is 35.9 Å². The number of carbonyl (C=O) groups excluding carboxylic acids is 1. The maximum atomic E-state index is 11.5. The number of phenolic OH excluding ortho intramolecular Hbond substituents is 1. The number of carboxylic acid groups (broad SMARTS) is 1. The summed E-state index contributed by atoms with van der Waals surface area (Å²) in [5, 5.41) is 20.3. The highest BCUT2D eigenvalue weighted by atomic mass is 16.4. The molecule has 1 aromatic carbocycles. The van der Waals surface area contributed by atoms with E-state index in [0.29, 0.717) is 13.0 Å². The Bertz CT molecular complexity index is 465. The van der Waals surface area contributed by atoms with Gasteiger partial charge in [0.2, 0.25) is 5.91 Å². The van der Waals surface area contributed by atoms with Crippen molar-refractivity contribution in [3.8, 4) is 5.75 Å². The minimum atomic E-state index is -0.786. The summed E-state index contributed by atoms with van der Waals surface area (Å²) in [5.74, 6) is -0.782. The van der Waals surface area contributed by atoms with Crippen molar-refractivity contribution in [2.45, 2.75) is 25.7 Å². The average molecular weight is 277 g/mol. The largest absolute Gasteiger partial charge is 0.508 e. The maximum Gasteiger partial charge on any atom is 0.303 e. The standard InChI is InChI=1S/C15H19NO4/c17-13-8-5-12(6-9-13)7-10-14(18)16-11-3-1-2-4-15(19)20/h5-10,17H,1-4,11H2,(H,16,18)(H,19,20)/b10-7+. The molecule has 0 radical (unpaired) electrons. The Kier molecular flexibility index (Phi) is 6.89. The Morgan fingerprint density at radius 2 is 1.80 bits per heavy atom. The molecule has 1 aromatic rings. The summed E-state index contributed by atoms with van der Waals surface area (Å²) in [4.78, 5) is 21.8. The number of rotatable bonds is 8. The fraction of sp³-hybridized carbons (Fsp3) is 0.333. The lowest BCUT2D eigenvalue weighted by atomic mass is 10.2. The van der Waals surface area contributed by atoms with E-state index in [-0.39, 0.29) is 18.1 Å². The van der Waals surface area contributed by atoms with Gasteiger partial charge in [0.05, 0.1) is 0 Å². The van der Waals surface area contributed by atoms with Crippen LogP contribution in [0.2, 0.25) is 0 Å². The van der Waals surface area contributed by atoms with Crippen molar-refractivity contribution < 1.29 is 19.8 Å². The molecular formula is C15H19NO4. The third-order valence-electron chi connectivity index (χ3n) is 2.69. The Morgan fingerprint density at radius 1 is 1.10 bits per heavy atom. The molecule has 0 aliphatic carbocycles. The van der Waals surface area contributed by atoms with Crippen molar-refractivity contribution in [2.75, 3.05) is 6.54 Å². The molecule has 5 nitrogen and oxygen atoms in total. The number of carboxylic acids is 1. The molecule has 1 amide bonds. The number of phenols is 1. The molecule has 1 rings (SSSR count). The predicted octanol–water partition coefficient (Wildman–Crippen LogP) is 2.17. The van der Waals surface area contributed by atoms with Crippen LogP contribution in [0.1, 0.15) is 31.2 Å². The topological polar surface area (TPSA) is 86.6 Å². The summed E-state index contributed by atoms with van der Waals surface area (Å²) >= 11 is 0. The highest BCUT2D eigenvalue weighted by Gasteiger charge is 1.98. The zero-order valence-electron chi connectivity index (χ0n) is 11.2. The number of hydrogen-bond donors (Lipinski definition) is 3. The van der Waals surface area contributed by atoms with Gasteiger partial charge in [0.15, 0.2) is 0 Å². The second kappa shape index (κ2) is 8.74. The zero-order valence-corrected chi connectivity index (χ0v) is 11.2. The Balaban J connectivity index is 2.17. The minimum Gasteiger partial charge on any atom is -0.508 e. The number of amides is 1. The molecular weight excluding hydrogens is 258 g/mol. The van der Waals surface area contributed by atoms with Crippen LogP contribution in [-0.2, 0) is 9.59 Å². The zero-order chi connectivity index (χ0) is 14.8. The van der Waals surface area contributed by atoms with Crippen molar-refractivity contribution >= 4 is 18.0 Å². The van der Waals surface area contributed by atoms with E-state index >= 15 is 0 Å². The van der Waals surface area contributed by atoms with E-state index in [2.05, 4.69) is 5.32 Å². The first-order chi connectivity index (χ1) is 9.58. The second-order valence-corrected chi connectivity index (χ2v) is 4.42. The number of aromatic hydroxyl groups is 1. The lowest BCUT2D eigenvalue weighted by Gasteiger charge is -2.01. The lowest BCUT2D eigenvalue weighted by molar-refractivity contribution is -0.137. The van der Waals surface area contributed by atoms with Crippen molar-refractivity contribution in [3.63, 3.8) is 0 Å². The fourth-order valence-corrected chi connectivity index (χ4v) is 1.61. The van der Waals surface area contributed by atoms with Gasteiger partial charge in [-0.05, 0) is 36.6 Å². The van der Waals surface area contributed by atoms with Crippen LogP contribution < -0.4 is 5.32 Å². The third-order valence-corrected chi connectivity index (χ3v) is 2.69. The van der Waals surface area contributed by atoms with Gasteiger partial charge >= 0.3 is 5.97 Å². The Labute approximate surface area is 117 Å². The summed E-state index contributed by atoms with van der Waals surface area (Å²) in [6, 6.07) is 6.54. The molecule has 0 atom stereocenters. The van der Waals surface area contributed by atoms with Crippen LogP contribution in [0.5, 0.6) is 5.75 Å². The molecule has 0 unspecified atom stereocenters. The van der Waals surface area contributed by atoms with Gasteiger partial charge in [0.25, 0.3) is 0 Å². The summed E-state index contributed by atoms with van der Waals surface area (Å²) in [6.07, 6.45) is 5.46. The number of benzene rings is 1. The van der Waals surface area contributed by atoms with E-state index < -0.39 is 5.97 Å². The molecule has 0 saturated carbocycles. The van der Waals surface area contributed by atoms with Crippen LogP contribution in [0, 0.1) is 0 Å². The summed E-state index contributed by atoms with van der Waals surface area (Å²) in [7, 11) is 0. The van der Waals surface area contributed by atoms with Gasteiger partial charge in [-0.2, -0.15) is 0 Å². The van der Waals surface area contributed by atoms with Crippen LogP contribution in [-0.4, -0.2) is 28.6 Å². The van der Waals surface area contributed by atoms with E-state index in [1.165, 1.54) is 6.08 Å². The van der Waals surface area contributed by atoms with Crippen LogP contribution >= 0.6 is 0 Å². The van der Waals surface area contributed by atoms with Gasteiger partial charge in [-0.3, -0.25) is 9.59 Å². The summed E-state index contributed by atoms with van der Waals surface area (Å²) in [6.45, 7) is 0.540. The second-order valence-electron chi connectivity index (χ2n) is 4.42. The molecule has 0 spiro atoms. The number of nitrogens with one attached hydrogen (secondary N) is 1. The monoisotopic (exact) mass is 277 g/mol. The normalized spacial score (nSPS) is 10.6. The van der Waals surface area contributed by atoms with E-state index in [4.69, 9.17) is 10.2 Å². The highest BCUT2D eigenvalue weighted by molar-refractivity contribution is 5.91. The number of hydrogen-bond acceptors (Lipinski definition) is 3. The van der Waals surface area contributed by atoms with E-state index in [1.54, 1.807) is 30.3 Å². The molecule has 108 valence electrons. The first-order valence-corrected chi connectivity index (χ1v) is 6.54. The molecule has 0 bridgehead atoms. The van der Waals surface area contributed by atoms with Crippen LogP contribution in [0.15, 0.2) is 30.3 Å². The summed E-state index contributed by atoms with van der Waals surface area (Å²) in [5.41, 5.74) is 0.833. The predicted molar refractivity (Wildman–Crippen MR) is 76.3 cm³/mol. The molecule has 0 saturated heterocycles. The molecule has 5 heteroatoms. The Morgan fingerprint density at radius 3 is 2.45 bits per heavy atom. The SMILES string of the molecule is O=C(O)CCCCCNC(=O)/C=C/c1ccc(O)cc1. The van der Waals surface area contributed by atoms with Crippen molar-refractivity contribution in [1.29, 1.82) is 0 Å². The van der Waals surface area contributed by atoms with E-state index in [1.807, 2.05) is 0 Å². The molecule has 0 heterocycles. The van der Waals surface area contributed by atoms with E-state index in [9.17, 15) is 9.59 Å². The molecule has 0 aliphatic heterocycles. The summed E-state index contributed by atoms with van der Waals surface area (Å²) < 4.78 is 0.